The molecule has 3 rings (SSSR count). The molecule has 0 bridgehead atoms. The Balaban J connectivity index is 2.08. The van der Waals surface area contributed by atoms with Gasteiger partial charge >= 0.3 is 0 Å². The van der Waals surface area contributed by atoms with Gasteiger partial charge in [-0.3, -0.25) is 0 Å². The third-order valence-electron chi connectivity index (χ3n) is 3.28. The molecule has 0 saturated carbocycles. The minimum atomic E-state index is -0.301. The number of H-pyrrole nitrogens is 1. The van der Waals surface area contributed by atoms with Crippen molar-refractivity contribution in [1.29, 1.82) is 0 Å². The van der Waals surface area contributed by atoms with Gasteiger partial charge in [-0.2, -0.15) is 0 Å². The molecule has 0 fully saturated rings. The third kappa shape index (κ3) is 2.33. The lowest BCUT2D eigenvalue weighted by Gasteiger charge is -2.13. The van der Waals surface area contributed by atoms with Gasteiger partial charge in [0.1, 0.15) is 11.6 Å². The van der Waals surface area contributed by atoms with Crippen LogP contribution < -0.4 is 0 Å². The second kappa shape index (κ2) is 5.18. The minimum absolute atomic E-state index is 0.0722. The Morgan fingerprint density at radius 1 is 1.50 bits per heavy atom. The van der Waals surface area contributed by atoms with E-state index < -0.39 is 0 Å². The fourth-order valence-corrected chi connectivity index (χ4v) is 3.10. The maximum absolute atomic E-state index is 13.8. The molecule has 6 heteroatoms. The maximum atomic E-state index is 13.8. The van der Waals surface area contributed by atoms with Gasteiger partial charge in [0.25, 0.3) is 0 Å². The Kier molecular flexibility index (Phi) is 3.52. The predicted octanol–water partition coefficient (Wildman–Crippen LogP) is 5.00. The van der Waals surface area contributed by atoms with Gasteiger partial charge in [-0.05, 0) is 53.3 Å². The number of hydrogen-bond acceptors (Lipinski definition) is 2. The molecule has 20 heavy (non-hydrogen) atoms. The van der Waals surface area contributed by atoms with Crippen LogP contribution in [-0.2, 0) is 6.42 Å². The highest BCUT2D eigenvalue weighted by Gasteiger charge is 2.15. The first-order chi connectivity index (χ1) is 9.56. The first-order valence-electron chi connectivity index (χ1n) is 6.18. The van der Waals surface area contributed by atoms with E-state index in [1.165, 1.54) is 6.07 Å². The molecular weight excluding hydrogens is 343 g/mol. The average Bonchev–Trinajstić information content (AvgIpc) is 2.97. The van der Waals surface area contributed by atoms with Crippen molar-refractivity contribution in [3.63, 3.8) is 0 Å². The molecule has 0 aliphatic heterocycles. The number of fused-ring (bicyclic) bond motifs is 1. The standard InChI is InChI=1S/C14H12BrFN2OS/c1-8(5-9-3-2-4-19-9)18-13-7-11(16)10(15)6-12(13)17-14(18)20/h2-4,6-8H,5H2,1H3,(H,17,20). The van der Waals surface area contributed by atoms with Gasteiger partial charge in [0.15, 0.2) is 4.77 Å². The van der Waals surface area contributed by atoms with Crippen LogP contribution in [0.3, 0.4) is 0 Å². The van der Waals surface area contributed by atoms with Crippen LogP contribution in [0, 0.1) is 10.6 Å². The van der Waals surface area contributed by atoms with Gasteiger partial charge in [0.2, 0.25) is 0 Å². The van der Waals surface area contributed by atoms with Crippen molar-refractivity contribution in [1.82, 2.24) is 9.55 Å². The first-order valence-corrected chi connectivity index (χ1v) is 7.38. The van der Waals surface area contributed by atoms with Crippen molar-refractivity contribution >= 4 is 39.2 Å². The highest BCUT2D eigenvalue weighted by molar-refractivity contribution is 9.10. The molecule has 2 aromatic heterocycles. The summed E-state index contributed by atoms with van der Waals surface area (Å²) in [7, 11) is 0. The summed E-state index contributed by atoms with van der Waals surface area (Å²) >= 11 is 8.53. The molecule has 1 unspecified atom stereocenters. The van der Waals surface area contributed by atoms with E-state index in [-0.39, 0.29) is 11.9 Å². The molecular formula is C14H12BrFN2OS. The number of aromatic amines is 1. The number of rotatable bonds is 3. The van der Waals surface area contributed by atoms with Gasteiger partial charge in [0.05, 0.1) is 21.8 Å². The second-order valence-electron chi connectivity index (χ2n) is 4.72. The number of nitrogens with zero attached hydrogens (tertiary/aromatic N) is 1. The average molecular weight is 355 g/mol. The Labute approximate surface area is 128 Å². The van der Waals surface area contributed by atoms with E-state index in [0.29, 0.717) is 15.7 Å². The number of nitrogens with one attached hydrogen (secondary N) is 1. The van der Waals surface area contributed by atoms with E-state index in [1.54, 1.807) is 12.3 Å². The van der Waals surface area contributed by atoms with Crippen LogP contribution in [0.5, 0.6) is 0 Å². The second-order valence-corrected chi connectivity index (χ2v) is 5.96. The fourth-order valence-electron chi connectivity index (χ4n) is 2.37. The molecule has 1 N–H and O–H groups in total. The van der Waals surface area contributed by atoms with Crippen LogP contribution in [-0.4, -0.2) is 9.55 Å². The van der Waals surface area contributed by atoms with Crippen molar-refractivity contribution in [2.45, 2.75) is 19.4 Å². The summed E-state index contributed by atoms with van der Waals surface area (Å²) in [5, 5.41) is 0. The van der Waals surface area contributed by atoms with E-state index in [4.69, 9.17) is 16.6 Å². The first kappa shape index (κ1) is 13.6. The van der Waals surface area contributed by atoms with Crippen molar-refractivity contribution in [3.8, 4) is 0 Å². The van der Waals surface area contributed by atoms with Crippen LogP contribution in [0.1, 0.15) is 18.7 Å². The third-order valence-corrected chi connectivity index (χ3v) is 4.18. The number of furan rings is 1. The normalized spacial score (nSPS) is 12.9. The molecule has 0 aliphatic rings. The molecule has 104 valence electrons. The predicted molar refractivity (Wildman–Crippen MR) is 81.9 cm³/mol. The van der Waals surface area contributed by atoms with Gasteiger partial charge in [-0.1, -0.05) is 0 Å². The lowest BCUT2D eigenvalue weighted by molar-refractivity contribution is 0.451. The number of imidazole rings is 1. The van der Waals surface area contributed by atoms with Crippen molar-refractivity contribution in [2.75, 3.05) is 0 Å². The largest absolute Gasteiger partial charge is 0.469 e. The number of aromatic nitrogens is 2. The van der Waals surface area contributed by atoms with Crippen molar-refractivity contribution < 1.29 is 8.81 Å². The number of hydrogen-bond donors (Lipinski definition) is 1. The summed E-state index contributed by atoms with van der Waals surface area (Å²) in [6.07, 6.45) is 2.35. The summed E-state index contributed by atoms with van der Waals surface area (Å²) in [5.41, 5.74) is 1.57. The summed E-state index contributed by atoms with van der Waals surface area (Å²) in [6.45, 7) is 2.03. The molecule has 0 spiro atoms. The summed E-state index contributed by atoms with van der Waals surface area (Å²) in [5.74, 6) is 0.580. The highest BCUT2D eigenvalue weighted by Crippen LogP contribution is 2.26. The van der Waals surface area contributed by atoms with Crippen LogP contribution in [0.25, 0.3) is 11.0 Å². The lowest BCUT2D eigenvalue weighted by atomic mass is 10.2. The molecule has 0 aliphatic carbocycles. The van der Waals surface area contributed by atoms with E-state index in [2.05, 4.69) is 20.9 Å². The van der Waals surface area contributed by atoms with Gasteiger partial charge < -0.3 is 14.0 Å². The molecule has 0 amide bonds. The quantitative estimate of drug-likeness (QED) is 0.671. The maximum Gasteiger partial charge on any atom is 0.178 e. The van der Waals surface area contributed by atoms with Crippen LogP contribution >= 0.6 is 28.1 Å². The Hall–Kier alpha value is -1.40. The molecule has 2 heterocycles. The molecule has 3 aromatic rings. The number of benzene rings is 1. The highest BCUT2D eigenvalue weighted by atomic mass is 79.9. The SMILES string of the molecule is CC(Cc1ccco1)n1c(=S)[nH]c2cc(Br)c(F)cc21. The smallest absolute Gasteiger partial charge is 0.178 e. The van der Waals surface area contributed by atoms with Gasteiger partial charge in [-0.15, -0.1) is 0 Å². The molecule has 3 nitrogen and oxygen atoms in total. The zero-order valence-corrected chi connectivity index (χ0v) is 13.1. The number of halogens is 2. The van der Waals surface area contributed by atoms with E-state index >= 15 is 0 Å². The van der Waals surface area contributed by atoms with E-state index in [9.17, 15) is 4.39 Å². The zero-order valence-electron chi connectivity index (χ0n) is 10.7. The van der Waals surface area contributed by atoms with Crippen LogP contribution in [0.4, 0.5) is 4.39 Å². The summed E-state index contributed by atoms with van der Waals surface area (Å²) < 4.78 is 22.0. The zero-order chi connectivity index (χ0) is 14.3. The van der Waals surface area contributed by atoms with E-state index in [0.717, 1.165) is 16.8 Å². The monoisotopic (exact) mass is 354 g/mol. The van der Waals surface area contributed by atoms with Crippen molar-refractivity contribution in [2.24, 2.45) is 0 Å². The van der Waals surface area contributed by atoms with Crippen molar-refractivity contribution in [3.05, 3.63) is 51.3 Å². The summed E-state index contributed by atoms with van der Waals surface area (Å²) in [4.78, 5) is 3.11. The molecule has 0 radical (unpaired) electrons. The summed E-state index contributed by atoms with van der Waals surface area (Å²) in [6, 6.07) is 7.04. The Morgan fingerprint density at radius 2 is 2.30 bits per heavy atom. The van der Waals surface area contributed by atoms with Gasteiger partial charge in [-0.25, -0.2) is 4.39 Å². The van der Waals surface area contributed by atoms with Gasteiger partial charge in [0, 0.05) is 18.5 Å². The minimum Gasteiger partial charge on any atom is -0.469 e. The van der Waals surface area contributed by atoms with Crippen LogP contribution in [0.15, 0.2) is 39.4 Å². The Bertz CT molecular complexity index is 807. The molecule has 0 saturated heterocycles. The lowest BCUT2D eigenvalue weighted by Crippen LogP contribution is -2.08. The topological polar surface area (TPSA) is 33.9 Å². The van der Waals surface area contributed by atoms with Crippen LogP contribution in [0.2, 0.25) is 0 Å². The molecule has 1 atom stereocenters. The fraction of sp³-hybridized carbons (Fsp3) is 0.214. The van der Waals surface area contributed by atoms with E-state index in [1.807, 2.05) is 23.6 Å². The molecule has 1 aromatic carbocycles. The Morgan fingerprint density at radius 3 is 3.00 bits per heavy atom.